The van der Waals surface area contributed by atoms with Crippen molar-refractivity contribution in [1.29, 1.82) is 0 Å². The molecule has 0 atom stereocenters. The zero-order valence-corrected chi connectivity index (χ0v) is 15.0. The summed E-state index contributed by atoms with van der Waals surface area (Å²) in [5, 5.41) is 13.0. The molecule has 0 radical (unpaired) electrons. The van der Waals surface area contributed by atoms with Crippen LogP contribution in [0.2, 0.25) is 0 Å². The van der Waals surface area contributed by atoms with Crippen LogP contribution < -0.4 is 4.74 Å². The molecule has 3 aromatic rings. The molecule has 1 aromatic heterocycles. The lowest BCUT2D eigenvalue weighted by molar-refractivity contribution is -0.136. The van der Waals surface area contributed by atoms with Gasteiger partial charge < -0.3 is 9.84 Å². The van der Waals surface area contributed by atoms with Gasteiger partial charge in [-0.2, -0.15) is 5.10 Å². The lowest BCUT2D eigenvalue weighted by Crippen LogP contribution is -2.08. The van der Waals surface area contributed by atoms with Crippen LogP contribution >= 0.6 is 0 Å². The molecule has 0 aliphatic carbocycles. The van der Waals surface area contributed by atoms with Crippen LogP contribution in [0.5, 0.6) is 5.75 Å². The van der Waals surface area contributed by atoms with E-state index in [1.807, 2.05) is 0 Å². The number of hydrogen-bond acceptors (Lipinski definition) is 3. The number of carbonyl (C=O) groups is 1. The van der Waals surface area contributed by atoms with E-state index in [9.17, 15) is 18.0 Å². The molecule has 2 aromatic carbocycles. The average Bonchev–Trinajstić information content (AvgIpc) is 3.00. The number of carboxylic acid groups (broad SMARTS) is 1. The van der Waals surface area contributed by atoms with Gasteiger partial charge in [0.15, 0.2) is 17.4 Å². The van der Waals surface area contributed by atoms with Gasteiger partial charge in [0, 0.05) is 6.42 Å². The third-order valence-electron chi connectivity index (χ3n) is 4.03. The monoisotopic (exact) mass is 390 g/mol. The topological polar surface area (TPSA) is 64.3 Å². The standard InChI is InChI=1S/C20H17F3N2O3/c1-12-8-16(25(24-12)15-5-3-14(21)4-6-15)11-28-20-17(22)9-13(10-18(20)23)2-7-19(26)27/h3-6,8-10H,2,7,11H2,1H3,(H,26,27). The number of benzene rings is 2. The Morgan fingerprint density at radius 1 is 1.11 bits per heavy atom. The second kappa shape index (κ2) is 8.16. The van der Waals surface area contributed by atoms with E-state index < -0.39 is 29.2 Å². The number of rotatable bonds is 7. The van der Waals surface area contributed by atoms with Crippen molar-refractivity contribution >= 4 is 5.97 Å². The van der Waals surface area contributed by atoms with Crippen molar-refractivity contribution in [3.63, 3.8) is 0 Å². The summed E-state index contributed by atoms with van der Waals surface area (Å²) in [4.78, 5) is 10.6. The first-order valence-electron chi connectivity index (χ1n) is 8.47. The van der Waals surface area contributed by atoms with E-state index in [4.69, 9.17) is 9.84 Å². The van der Waals surface area contributed by atoms with E-state index >= 15 is 0 Å². The second-order valence-electron chi connectivity index (χ2n) is 6.24. The molecule has 0 spiro atoms. The van der Waals surface area contributed by atoms with Crippen LogP contribution in [-0.2, 0) is 17.8 Å². The van der Waals surface area contributed by atoms with Crippen molar-refractivity contribution in [2.24, 2.45) is 0 Å². The predicted octanol–water partition coefficient (Wildman–Crippen LogP) is 4.19. The van der Waals surface area contributed by atoms with Gasteiger partial charge in [0.05, 0.1) is 17.1 Å². The molecule has 0 fully saturated rings. The Balaban J connectivity index is 1.79. The summed E-state index contributed by atoms with van der Waals surface area (Å²) < 4.78 is 48.4. The maximum Gasteiger partial charge on any atom is 0.303 e. The summed E-state index contributed by atoms with van der Waals surface area (Å²) in [5.74, 6) is -3.82. The van der Waals surface area contributed by atoms with Crippen molar-refractivity contribution in [2.75, 3.05) is 0 Å². The number of ether oxygens (including phenoxy) is 1. The minimum Gasteiger partial charge on any atom is -0.481 e. The van der Waals surface area contributed by atoms with Crippen LogP contribution in [0.3, 0.4) is 0 Å². The zero-order chi connectivity index (χ0) is 20.3. The second-order valence-corrected chi connectivity index (χ2v) is 6.24. The van der Waals surface area contributed by atoms with Gasteiger partial charge in [0.2, 0.25) is 0 Å². The van der Waals surface area contributed by atoms with E-state index in [0.717, 1.165) is 12.1 Å². The van der Waals surface area contributed by atoms with E-state index in [-0.39, 0.29) is 25.0 Å². The van der Waals surface area contributed by atoms with Crippen LogP contribution in [0.1, 0.15) is 23.4 Å². The van der Waals surface area contributed by atoms with Crippen LogP contribution in [-0.4, -0.2) is 20.9 Å². The molecule has 8 heteroatoms. The van der Waals surface area contributed by atoms with Gasteiger partial charge in [-0.25, -0.2) is 17.9 Å². The summed E-state index contributed by atoms with van der Waals surface area (Å²) in [6.07, 6.45) is -0.213. The van der Waals surface area contributed by atoms with Crippen molar-refractivity contribution < 1.29 is 27.8 Å². The van der Waals surface area contributed by atoms with Gasteiger partial charge >= 0.3 is 5.97 Å². The maximum atomic E-state index is 14.2. The highest BCUT2D eigenvalue weighted by Crippen LogP contribution is 2.25. The van der Waals surface area contributed by atoms with Crippen molar-refractivity contribution in [1.82, 2.24) is 9.78 Å². The SMILES string of the molecule is Cc1cc(COc2c(F)cc(CCC(=O)O)cc2F)n(-c2ccc(F)cc2)n1. The van der Waals surface area contributed by atoms with Crippen LogP contribution in [0, 0.1) is 24.4 Å². The Morgan fingerprint density at radius 2 is 1.75 bits per heavy atom. The van der Waals surface area contributed by atoms with Crippen LogP contribution in [0.25, 0.3) is 5.69 Å². The first-order valence-corrected chi connectivity index (χ1v) is 8.47. The molecule has 1 N–H and O–H groups in total. The van der Waals surface area contributed by atoms with Crippen LogP contribution in [0.4, 0.5) is 13.2 Å². The maximum absolute atomic E-state index is 14.2. The number of aryl methyl sites for hydroxylation is 2. The molecule has 0 unspecified atom stereocenters. The number of nitrogens with zero attached hydrogens (tertiary/aromatic N) is 2. The van der Waals surface area contributed by atoms with Gasteiger partial charge in [-0.3, -0.25) is 4.79 Å². The fourth-order valence-corrected chi connectivity index (χ4v) is 2.75. The molecule has 1 heterocycles. The Labute approximate surface area is 159 Å². The lowest BCUT2D eigenvalue weighted by atomic mass is 10.1. The largest absolute Gasteiger partial charge is 0.481 e. The average molecular weight is 390 g/mol. The predicted molar refractivity (Wildman–Crippen MR) is 94.9 cm³/mol. The minimum atomic E-state index is -1.05. The number of hydrogen-bond donors (Lipinski definition) is 1. The zero-order valence-electron chi connectivity index (χ0n) is 15.0. The summed E-state index contributed by atoms with van der Waals surface area (Å²) in [6, 6.07) is 9.44. The Hall–Kier alpha value is -3.29. The van der Waals surface area contributed by atoms with Gasteiger partial charge in [-0.05, 0) is 61.4 Å². The smallest absolute Gasteiger partial charge is 0.303 e. The van der Waals surface area contributed by atoms with E-state index in [0.29, 0.717) is 17.1 Å². The van der Waals surface area contributed by atoms with E-state index in [1.165, 1.54) is 28.9 Å². The minimum absolute atomic E-state index is 0.0139. The Kier molecular flexibility index (Phi) is 5.67. The fourth-order valence-electron chi connectivity index (χ4n) is 2.75. The van der Waals surface area contributed by atoms with E-state index in [1.54, 1.807) is 13.0 Å². The molecule has 0 bridgehead atoms. The summed E-state index contributed by atoms with van der Waals surface area (Å²) in [6.45, 7) is 1.59. The third kappa shape index (κ3) is 4.51. The molecule has 0 amide bonds. The Morgan fingerprint density at radius 3 is 2.36 bits per heavy atom. The first kappa shape index (κ1) is 19.5. The Bertz CT molecular complexity index is 977. The van der Waals surface area contributed by atoms with Crippen LogP contribution in [0.15, 0.2) is 42.5 Å². The molecular formula is C20H17F3N2O3. The molecule has 146 valence electrons. The molecule has 0 saturated carbocycles. The number of aromatic nitrogens is 2. The summed E-state index contributed by atoms with van der Waals surface area (Å²) in [5.41, 5.74) is 2.00. The highest BCUT2D eigenvalue weighted by molar-refractivity contribution is 5.67. The molecular weight excluding hydrogens is 373 g/mol. The quantitative estimate of drug-likeness (QED) is 0.657. The van der Waals surface area contributed by atoms with Gasteiger partial charge in [-0.1, -0.05) is 0 Å². The van der Waals surface area contributed by atoms with Crippen molar-refractivity contribution in [2.45, 2.75) is 26.4 Å². The van der Waals surface area contributed by atoms with E-state index in [2.05, 4.69) is 5.10 Å². The number of carboxylic acids is 1. The molecule has 0 saturated heterocycles. The summed E-state index contributed by atoms with van der Waals surface area (Å²) in [7, 11) is 0. The highest BCUT2D eigenvalue weighted by atomic mass is 19.1. The molecule has 28 heavy (non-hydrogen) atoms. The fraction of sp³-hybridized carbons (Fsp3) is 0.200. The molecule has 5 nitrogen and oxygen atoms in total. The number of halogens is 3. The lowest BCUT2D eigenvalue weighted by Gasteiger charge is -2.12. The third-order valence-corrected chi connectivity index (χ3v) is 4.03. The first-order chi connectivity index (χ1) is 13.3. The van der Waals surface area contributed by atoms with Gasteiger partial charge in [-0.15, -0.1) is 0 Å². The molecule has 0 aliphatic heterocycles. The van der Waals surface area contributed by atoms with Crippen molar-refractivity contribution in [3.05, 3.63) is 76.9 Å². The van der Waals surface area contributed by atoms with Crippen molar-refractivity contribution in [3.8, 4) is 11.4 Å². The van der Waals surface area contributed by atoms with Gasteiger partial charge in [0.25, 0.3) is 0 Å². The van der Waals surface area contributed by atoms with Gasteiger partial charge in [0.1, 0.15) is 12.4 Å². The highest BCUT2D eigenvalue weighted by Gasteiger charge is 2.16. The number of aliphatic carboxylic acids is 1. The molecule has 3 rings (SSSR count). The normalized spacial score (nSPS) is 10.9. The summed E-state index contributed by atoms with van der Waals surface area (Å²) >= 11 is 0. The molecule has 0 aliphatic rings.